The van der Waals surface area contributed by atoms with Gasteiger partial charge in [0.1, 0.15) is 0 Å². The molecule has 102 valence electrons. The van der Waals surface area contributed by atoms with E-state index in [1.54, 1.807) is 6.07 Å². The SMILES string of the molecule is Cc1c(C(=O)O)cc(C)c2c1c(CCCN)cn2C. The molecule has 0 spiro atoms. The first-order chi connectivity index (χ1) is 8.97. The summed E-state index contributed by atoms with van der Waals surface area (Å²) in [5.41, 5.74) is 10.1. The summed E-state index contributed by atoms with van der Waals surface area (Å²) in [7, 11) is 2.00. The molecule has 0 fully saturated rings. The van der Waals surface area contributed by atoms with E-state index in [0.717, 1.165) is 34.9 Å². The van der Waals surface area contributed by atoms with Crippen LogP contribution in [0.1, 0.15) is 33.5 Å². The van der Waals surface area contributed by atoms with Crippen molar-refractivity contribution in [3.8, 4) is 0 Å². The number of carboxylic acid groups (broad SMARTS) is 1. The summed E-state index contributed by atoms with van der Waals surface area (Å²) in [5.74, 6) is -0.865. The third-order valence-corrected chi connectivity index (χ3v) is 3.65. The number of aryl methyl sites for hydroxylation is 4. The predicted octanol–water partition coefficient (Wildman–Crippen LogP) is 2.38. The van der Waals surface area contributed by atoms with Gasteiger partial charge < -0.3 is 15.4 Å². The molecule has 1 aromatic carbocycles. The number of nitrogens with two attached hydrogens (primary N) is 1. The molecule has 0 bridgehead atoms. The average molecular weight is 260 g/mol. The average Bonchev–Trinajstić information content (AvgIpc) is 2.68. The number of hydrogen-bond donors (Lipinski definition) is 2. The maximum Gasteiger partial charge on any atom is 0.335 e. The molecular formula is C15H20N2O2. The smallest absolute Gasteiger partial charge is 0.335 e. The first-order valence-corrected chi connectivity index (χ1v) is 6.48. The summed E-state index contributed by atoms with van der Waals surface area (Å²) >= 11 is 0. The van der Waals surface area contributed by atoms with E-state index in [9.17, 15) is 9.90 Å². The maximum absolute atomic E-state index is 11.3. The van der Waals surface area contributed by atoms with Crippen molar-refractivity contribution in [1.82, 2.24) is 4.57 Å². The molecule has 4 nitrogen and oxygen atoms in total. The Balaban J connectivity index is 2.75. The zero-order valence-corrected chi connectivity index (χ0v) is 11.7. The van der Waals surface area contributed by atoms with Crippen LogP contribution < -0.4 is 5.73 Å². The van der Waals surface area contributed by atoms with Gasteiger partial charge in [0.05, 0.1) is 11.1 Å². The molecular weight excluding hydrogens is 240 g/mol. The molecule has 4 heteroatoms. The van der Waals surface area contributed by atoms with Crippen LogP contribution in [0, 0.1) is 13.8 Å². The summed E-state index contributed by atoms with van der Waals surface area (Å²) in [4.78, 5) is 11.3. The Bertz CT molecular complexity index is 641. The Morgan fingerprint density at radius 3 is 2.68 bits per heavy atom. The number of hydrogen-bond acceptors (Lipinski definition) is 2. The third kappa shape index (κ3) is 2.24. The largest absolute Gasteiger partial charge is 0.478 e. The van der Waals surface area contributed by atoms with Crippen LogP contribution in [0.4, 0.5) is 0 Å². The second-order valence-electron chi connectivity index (χ2n) is 5.05. The number of aromatic nitrogens is 1. The van der Waals surface area contributed by atoms with E-state index < -0.39 is 5.97 Å². The normalized spacial score (nSPS) is 11.2. The molecule has 0 aliphatic heterocycles. The lowest BCUT2D eigenvalue weighted by Gasteiger charge is -2.09. The molecule has 0 unspecified atom stereocenters. The van der Waals surface area contributed by atoms with Crippen molar-refractivity contribution >= 4 is 16.9 Å². The summed E-state index contributed by atoms with van der Waals surface area (Å²) in [6.45, 7) is 4.49. The fraction of sp³-hybridized carbons (Fsp3) is 0.400. The van der Waals surface area contributed by atoms with E-state index in [4.69, 9.17) is 5.73 Å². The van der Waals surface area contributed by atoms with Gasteiger partial charge in [-0.25, -0.2) is 4.79 Å². The second kappa shape index (κ2) is 5.05. The number of benzene rings is 1. The van der Waals surface area contributed by atoms with Gasteiger partial charge >= 0.3 is 5.97 Å². The third-order valence-electron chi connectivity index (χ3n) is 3.65. The van der Waals surface area contributed by atoms with Gasteiger partial charge in [0.15, 0.2) is 0 Å². The van der Waals surface area contributed by atoms with Crippen molar-refractivity contribution in [2.75, 3.05) is 6.54 Å². The minimum absolute atomic E-state index is 0.394. The number of rotatable bonds is 4. The number of aromatic carboxylic acids is 1. The number of carbonyl (C=O) groups is 1. The molecule has 0 aliphatic carbocycles. The number of carboxylic acids is 1. The van der Waals surface area contributed by atoms with Crippen LogP contribution in [0.25, 0.3) is 10.9 Å². The first-order valence-electron chi connectivity index (χ1n) is 6.48. The molecule has 2 aromatic rings. The van der Waals surface area contributed by atoms with Crippen molar-refractivity contribution < 1.29 is 9.90 Å². The van der Waals surface area contributed by atoms with Gasteiger partial charge in [-0.3, -0.25) is 0 Å². The minimum atomic E-state index is -0.865. The molecule has 1 heterocycles. The highest BCUT2D eigenvalue weighted by molar-refractivity contribution is 5.99. The maximum atomic E-state index is 11.3. The molecule has 2 rings (SSSR count). The van der Waals surface area contributed by atoms with Crippen LogP contribution in [0.2, 0.25) is 0 Å². The summed E-state index contributed by atoms with van der Waals surface area (Å²) in [6, 6.07) is 1.76. The Kier molecular flexibility index (Phi) is 3.62. The molecule has 0 amide bonds. The van der Waals surface area contributed by atoms with Crippen molar-refractivity contribution in [2.24, 2.45) is 12.8 Å². The van der Waals surface area contributed by atoms with Crippen LogP contribution in [-0.4, -0.2) is 22.2 Å². The van der Waals surface area contributed by atoms with E-state index in [0.29, 0.717) is 12.1 Å². The molecule has 0 aliphatic rings. The fourth-order valence-electron chi connectivity index (χ4n) is 2.82. The van der Waals surface area contributed by atoms with E-state index in [-0.39, 0.29) is 0 Å². The molecule has 0 saturated carbocycles. The Morgan fingerprint density at radius 1 is 1.42 bits per heavy atom. The fourth-order valence-corrected chi connectivity index (χ4v) is 2.82. The summed E-state index contributed by atoms with van der Waals surface area (Å²) in [6.07, 6.45) is 3.89. The summed E-state index contributed by atoms with van der Waals surface area (Å²) in [5, 5.41) is 10.4. The lowest BCUT2D eigenvalue weighted by molar-refractivity contribution is 0.0696. The number of fused-ring (bicyclic) bond motifs is 1. The highest BCUT2D eigenvalue weighted by Gasteiger charge is 2.17. The number of nitrogens with zero attached hydrogens (tertiary/aromatic N) is 1. The van der Waals surface area contributed by atoms with Crippen LogP contribution in [0.5, 0.6) is 0 Å². The second-order valence-corrected chi connectivity index (χ2v) is 5.05. The lowest BCUT2D eigenvalue weighted by Crippen LogP contribution is -2.03. The van der Waals surface area contributed by atoms with Gasteiger partial charge in [0, 0.05) is 18.6 Å². The van der Waals surface area contributed by atoms with Crippen molar-refractivity contribution in [3.05, 3.63) is 34.5 Å². The van der Waals surface area contributed by atoms with Crippen LogP contribution in [0.15, 0.2) is 12.3 Å². The van der Waals surface area contributed by atoms with Gasteiger partial charge in [0.2, 0.25) is 0 Å². The van der Waals surface area contributed by atoms with Gasteiger partial charge in [-0.15, -0.1) is 0 Å². The lowest BCUT2D eigenvalue weighted by atomic mass is 9.97. The quantitative estimate of drug-likeness (QED) is 0.886. The zero-order chi connectivity index (χ0) is 14.2. The van der Waals surface area contributed by atoms with Crippen molar-refractivity contribution in [2.45, 2.75) is 26.7 Å². The highest BCUT2D eigenvalue weighted by Crippen LogP contribution is 2.30. The minimum Gasteiger partial charge on any atom is -0.478 e. The van der Waals surface area contributed by atoms with E-state index in [2.05, 4.69) is 10.8 Å². The monoisotopic (exact) mass is 260 g/mol. The predicted molar refractivity (Wildman–Crippen MR) is 76.7 cm³/mol. The molecule has 0 saturated heterocycles. The Morgan fingerprint density at radius 2 is 2.11 bits per heavy atom. The van der Waals surface area contributed by atoms with Crippen LogP contribution in [-0.2, 0) is 13.5 Å². The van der Waals surface area contributed by atoms with Gasteiger partial charge in [0.25, 0.3) is 0 Å². The van der Waals surface area contributed by atoms with Gasteiger partial charge in [-0.05, 0) is 56.0 Å². The van der Waals surface area contributed by atoms with Crippen LogP contribution in [0.3, 0.4) is 0 Å². The molecule has 3 N–H and O–H groups in total. The van der Waals surface area contributed by atoms with E-state index in [1.807, 2.05) is 20.9 Å². The van der Waals surface area contributed by atoms with E-state index >= 15 is 0 Å². The van der Waals surface area contributed by atoms with Crippen molar-refractivity contribution in [1.29, 1.82) is 0 Å². The molecule has 0 radical (unpaired) electrons. The standard InChI is InChI=1S/C15H20N2O2/c1-9-7-12(15(18)19)10(2)13-11(5-4-6-16)8-17(3)14(9)13/h7-8H,4-6,16H2,1-3H3,(H,18,19). The molecule has 19 heavy (non-hydrogen) atoms. The Labute approximate surface area is 112 Å². The Hall–Kier alpha value is -1.81. The van der Waals surface area contributed by atoms with Gasteiger partial charge in [-0.2, -0.15) is 0 Å². The van der Waals surface area contributed by atoms with Crippen LogP contribution >= 0.6 is 0 Å². The highest BCUT2D eigenvalue weighted by atomic mass is 16.4. The molecule has 0 atom stereocenters. The zero-order valence-electron chi connectivity index (χ0n) is 11.7. The first kappa shape index (κ1) is 13.6. The molecule has 1 aromatic heterocycles. The van der Waals surface area contributed by atoms with E-state index in [1.165, 1.54) is 5.56 Å². The van der Waals surface area contributed by atoms with Gasteiger partial charge in [-0.1, -0.05) is 0 Å². The van der Waals surface area contributed by atoms with Crippen molar-refractivity contribution in [3.63, 3.8) is 0 Å². The topological polar surface area (TPSA) is 68.2 Å². The summed E-state index contributed by atoms with van der Waals surface area (Å²) < 4.78 is 2.08.